The van der Waals surface area contributed by atoms with Crippen molar-refractivity contribution in [3.63, 3.8) is 0 Å². The number of aliphatic hydroxyl groups is 2. The molecule has 17 heavy (non-hydrogen) atoms. The number of carbonyl (C=O) groups is 1. The summed E-state index contributed by atoms with van der Waals surface area (Å²) >= 11 is 0. The molecule has 5 nitrogen and oxygen atoms in total. The standard InChI is InChI=1S/C11H10FNO4/c1-17-11(16)10(15)9(14)8-3-2-7(12)4-6(8)5-13/h2-4,9-10,14-15H,1H3. The van der Waals surface area contributed by atoms with Gasteiger partial charge in [-0.1, -0.05) is 6.07 Å². The van der Waals surface area contributed by atoms with Gasteiger partial charge in [0.1, 0.15) is 11.9 Å². The molecule has 6 heteroatoms. The Labute approximate surface area is 96.7 Å². The molecule has 0 saturated carbocycles. The lowest BCUT2D eigenvalue weighted by Crippen LogP contribution is -2.29. The van der Waals surface area contributed by atoms with E-state index in [1.54, 1.807) is 6.07 Å². The highest BCUT2D eigenvalue weighted by Gasteiger charge is 2.28. The van der Waals surface area contributed by atoms with Crippen LogP contribution in [-0.2, 0) is 9.53 Å². The molecule has 0 aliphatic rings. The number of benzene rings is 1. The highest BCUT2D eigenvalue weighted by atomic mass is 19.1. The third kappa shape index (κ3) is 2.78. The minimum Gasteiger partial charge on any atom is -0.467 e. The molecular formula is C11H10FNO4. The molecule has 0 heterocycles. The van der Waals surface area contributed by atoms with Gasteiger partial charge in [0.15, 0.2) is 6.10 Å². The highest BCUT2D eigenvalue weighted by molar-refractivity contribution is 5.75. The molecule has 0 bridgehead atoms. The Hall–Kier alpha value is -1.97. The van der Waals surface area contributed by atoms with Crippen LogP contribution in [0.5, 0.6) is 0 Å². The predicted molar refractivity (Wildman–Crippen MR) is 54.1 cm³/mol. The number of esters is 1. The van der Waals surface area contributed by atoms with Crippen LogP contribution in [0, 0.1) is 17.1 Å². The maximum absolute atomic E-state index is 12.8. The summed E-state index contributed by atoms with van der Waals surface area (Å²) in [5, 5.41) is 27.8. The lowest BCUT2D eigenvalue weighted by Gasteiger charge is -2.16. The van der Waals surface area contributed by atoms with Crippen molar-refractivity contribution in [3.8, 4) is 6.07 Å². The zero-order valence-electron chi connectivity index (χ0n) is 8.92. The number of methoxy groups -OCH3 is 1. The highest BCUT2D eigenvalue weighted by Crippen LogP contribution is 2.22. The molecule has 0 aliphatic carbocycles. The molecule has 0 amide bonds. The van der Waals surface area contributed by atoms with E-state index in [-0.39, 0.29) is 11.1 Å². The number of hydrogen-bond acceptors (Lipinski definition) is 5. The molecule has 0 spiro atoms. The van der Waals surface area contributed by atoms with Crippen molar-refractivity contribution in [2.24, 2.45) is 0 Å². The third-order valence-electron chi connectivity index (χ3n) is 2.20. The molecule has 90 valence electrons. The maximum Gasteiger partial charge on any atom is 0.337 e. The van der Waals surface area contributed by atoms with Crippen molar-refractivity contribution in [2.75, 3.05) is 7.11 Å². The minimum atomic E-state index is -1.82. The van der Waals surface area contributed by atoms with Gasteiger partial charge < -0.3 is 14.9 Å². The molecule has 0 radical (unpaired) electrons. The van der Waals surface area contributed by atoms with Crippen molar-refractivity contribution >= 4 is 5.97 Å². The predicted octanol–water partition coefficient (Wildman–Crippen LogP) is 0.265. The van der Waals surface area contributed by atoms with E-state index in [0.29, 0.717) is 0 Å². The first-order valence-corrected chi connectivity index (χ1v) is 4.64. The first-order chi connectivity index (χ1) is 8.01. The Morgan fingerprint density at radius 3 is 2.71 bits per heavy atom. The van der Waals surface area contributed by atoms with Crippen molar-refractivity contribution in [3.05, 3.63) is 35.1 Å². The zero-order chi connectivity index (χ0) is 13.0. The SMILES string of the molecule is COC(=O)C(O)C(O)c1ccc(F)cc1C#N. The van der Waals surface area contributed by atoms with E-state index in [9.17, 15) is 19.4 Å². The van der Waals surface area contributed by atoms with Crippen LogP contribution < -0.4 is 0 Å². The summed E-state index contributed by atoms with van der Waals surface area (Å²) in [6.45, 7) is 0. The normalized spacial score (nSPS) is 13.6. The molecule has 1 aromatic rings. The van der Waals surface area contributed by atoms with Crippen LogP contribution in [-0.4, -0.2) is 29.4 Å². The molecular weight excluding hydrogens is 229 g/mol. The minimum absolute atomic E-state index is 0.0354. The van der Waals surface area contributed by atoms with Gasteiger partial charge in [0.2, 0.25) is 0 Å². The van der Waals surface area contributed by atoms with Gasteiger partial charge in [-0.15, -0.1) is 0 Å². The van der Waals surface area contributed by atoms with Gasteiger partial charge in [-0.3, -0.25) is 0 Å². The second-order valence-electron chi connectivity index (χ2n) is 3.26. The Morgan fingerprint density at radius 1 is 1.53 bits per heavy atom. The van der Waals surface area contributed by atoms with Gasteiger partial charge >= 0.3 is 5.97 Å². The first-order valence-electron chi connectivity index (χ1n) is 4.64. The molecule has 0 aliphatic heterocycles. The van der Waals surface area contributed by atoms with Gasteiger partial charge in [0.25, 0.3) is 0 Å². The summed E-state index contributed by atoms with van der Waals surface area (Å²) in [5.41, 5.74) is -0.188. The molecule has 1 aromatic carbocycles. The van der Waals surface area contributed by atoms with Crippen LogP contribution in [0.15, 0.2) is 18.2 Å². The van der Waals surface area contributed by atoms with E-state index in [2.05, 4.69) is 4.74 Å². The fraction of sp³-hybridized carbons (Fsp3) is 0.273. The molecule has 2 atom stereocenters. The Bertz CT molecular complexity index is 469. The Kier molecular flexibility index (Phi) is 4.15. The van der Waals surface area contributed by atoms with E-state index in [1.807, 2.05) is 0 Å². The number of nitrogens with zero attached hydrogens (tertiary/aromatic N) is 1. The molecule has 0 fully saturated rings. The largest absolute Gasteiger partial charge is 0.467 e. The van der Waals surface area contributed by atoms with Crippen LogP contribution in [0.1, 0.15) is 17.2 Å². The number of ether oxygens (including phenoxy) is 1. The fourth-order valence-electron chi connectivity index (χ4n) is 1.30. The third-order valence-corrected chi connectivity index (χ3v) is 2.20. The van der Waals surface area contributed by atoms with E-state index in [1.165, 1.54) is 0 Å². The van der Waals surface area contributed by atoms with E-state index < -0.39 is 24.0 Å². The second-order valence-corrected chi connectivity index (χ2v) is 3.26. The van der Waals surface area contributed by atoms with Gasteiger partial charge in [0, 0.05) is 5.56 Å². The van der Waals surface area contributed by atoms with Gasteiger partial charge in [0.05, 0.1) is 18.7 Å². The van der Waals surface area contributed by atoms with E-state index in [4.69, 9.17) is 5.26 Å². The van der Waals surface area contributed by atoms with Crippen molar-refractivity contribution in [1.82, 2.24) is 0 Å². The van der Waals surface area contributed by atoms with Crippen molar-refractivity contribution in [2.45, 2.75) is 12.2 Å². The van der Waals surface area contributed by atoms with Gasteiger partial charge in [-0.25, -0.2) is 9.18 Å². The van der Waals surface area contributed by atoms with Crippen LogP contribution in [0.3, 0.4) is 0 Å². The topological polar surface area (TPSA) is 90.6 Å². The van der Waals surface area contributed by atoms with Crippen LogP contribution >= 0.6 is 0 Å². The Morgan fingerprint density at radius 2 is 2.18 bits per heavy atom. The van der Waals surface area contributed by atoms with Gasteiger partial charge in [-0.05, 0) is 12.1 Å². The maximum atomic E-state index is 12.8. The zero-order valence-corrected chi connectivity index (χ0v) is 8.92. The average Bonchev–Trinajstić information content (AvgIpc) is 2.35. The van der Waals surface area contributed by atoms with Crippen molar-refractivity contribution in [1.29, 1.82) is 5.26 Å². The van der Waals surface area contributed by atoms with Crippen LogP contribution in [0.25, 0.3) is 0 Å². The summed E-state index contributed by atoms with van der Waals surface area (Å²) in [7, 11) is 1.05. The Balaban J connectivity index is 3.08. The van der Waals surface area contributed by atoms with Crippen LogP contribution in [0.4, 0.5) is 4.39 Å². The smallest absolute Gasteiger partial charge is 0.337 e. The van der Waals surface area contributed by atoms with Crippen LogP contribution in [0.2, 0.25) is 0 Å². The summed E-state index contributed by atoms with van der Waals surface area (Å²) in [6, 6.07) is 4.72. The number of aliphatic hydroxyl groups excluding tert-OH is 2. The number of nitriles is 1. The molecule has 2 unspecified atom stereocenters. The van der Waals surface area contributed by atoms with Crippen molar-refractivity contribution < 1.29 is 24.1 Å². The summed E-state index contributed by atoms with van der Waals surface area (Å²) in [4.78, 5) is 11.0. The molecule has 0 saturated heterocycles. The van der Waals surface area contributed by atoms with Gasteiger partial charge in [-0.2, -0.15) is 5.26 Å². The van der Waals surface area contributed by atoms with E-state index in [0.717, 1.165) is 25.3 Å². The molecule has 1 rings (SSSR count). The fourth-order valence-corrected chi connectivity index (χ4v) is 1.30. The first kappa shape index (κ1) is 13.1. The second kappa shape index (κ2) is 5.39. The number of carbonyl (C=O) groups excluding carboxylic acids is 1. The van der Waals surface area contributed by atoms with E-state index >= 15 is 0 Å². The monoisotopic (exact) mass is 239 g/mol. The number of rotatable bonds is 3. The molecule has 0 aromatic heterocycles. The quantitative estimate of drug-likeness (QED) is 0.738. The lowest BCUT2D eigenvalue weighted by molar-refractivity contribution is -0.156. The summed E-state index contributed by atoms with van der Waals surface area (Å²) in [6.07, 6.45) is -3.46. The summed E-state index contributed by atoms with van der Waals surface area (Å²) < 4.78 is 17.1. The summed E-state index contributed by atoms with van der Waals surface area (Å²) in [5.74, 6) is -1.68. The number of halogens is 1. The average molecular weight is 239 g/mol. The molecule has 2 N–H and O–H groups in total. The number of hydrogen-bond donors (Lipinski definition) is 2. The lowest BCUT2D eigenvalue weighted by atomic mass is 9.99.